The largest absolute Gasteiger partial charge is 0.459 e. The van der Waals surface area contributed by atoms with E-state index in [9.17, 15) is 18.0 Å². The Morgan fingerprint density at radius 1 is 1.14 bits per heavy atom. The number of esters is 1. The summed E-state index contributed by atoms with van der Waals surface area (Å²) in [5, 5.41) is 0. The molecule has 0 aliphatic heterocycles. The normalized spacial score (nSPS) is 31.0. The third-order valence-electron chi connectivity index (χ3n) is 7.16. The first-order valence-electron chi connectivity index (χ1n) is 9.85. The molecule has 5 atom stereocenters. The number of benzene rings is 1. The zero-order valence-corrected chi connectivity index (χ0v) is 17.0. The van der Waals surface area contributed by atoms with Gasteiger partial charge in [-0.3, -0.25) is 0 Å². The molecule has 3 nitrogen and oxygen atoms in total. The molecule has 28 heavy (non-hydrogen) atoms. The van der Waals surface area contributed by atoms with E-state index < -0.39 is 23.9 Å². The third-order valence-corrected chi connectivity index (χ3v) is 7.16. The predicted molar refractivity (Wildman–Crippen MR) is 99.4 cm³/mol. The summed E-state index contributed by atoms with van der Waals surface area (Å²) >= 11 is 0. The van der Waals surface area contributed by atoms with Gasteiger partial charge in [-0.05, 0) is 36.0 Å². The van der Waals surface area contributed by atoms with Gasteiger partial charge in [0.2, 0.25) is 0 Å². The summed E-state index contributed by atoms with van der Waals surface area (Å²) in [5.74, 6) is -0.401. The Hall–Kier alpha value is -1.56. The Morgan fingerprint density at radius 2 is 1.75 bits per heavy atom. The molecule has 0 saturated heterocycles. The van der Waals surface area contributed by atoms with Crippen molar-refractivity contribution in [1.82, 2.24) is 0 Å². The molecule has 156 valence electrons. The van der Waals surface area contributed by atoms with Crippen LogP contribution in [0, 0.1) is 29.1 Å². The minimum absolute atomic E-state index is 0.0440. The summed E-state index contributed by atoms with van der Waals surface area (Å²) in [6.07, 6.45) is -3.81. The molecule has 0 unspecified atom stereocenters. The maximum atomic E-state index is 14.1. The van der Waals surface area contributed by atoms with Crippen molar-refractivity contribution in [1.29, 1.82) is 0 Å². The van der Waals surface area contributed by atoms with Crippen LogP contribution in [0.15, 0.2) is 30.3 Å². The SMILES string of the molecule is CO[C@](C(=O)O[C@@H]1C[C@@H]2C[C@H]([C@H]1C(C)C)C2(C)C)(c1ccccc1)C(F)(F)F. The molecule has 3 fully saturated rings. The first kappa shape index (κ1) is 21.2. The molecular formula is C22H29F3O3. The molecule has 3 aliphatic rings. The average molecular weight is 398 g/mol. The molecule has 0 spiro atoms. The summed E-state index contributed by atoms with van der Waals surface area (Å²) in [6, 6.07) is 7.01. The fourth-order valence-corrected chi connectivity index (χ4v) is 5.43. The number of rotatable bonds is 5. The average Bonchev–Trinajstić information content (AvgIpc) is 2.62. The minimum Gasteiger partial charge on any atom is -0.459 e. The van der Waals surface area contributed by atoms with Gasteiger partial charge in [0.1, 0.15) is 6.10 Å². The van der Waals surface area contributed by atoms with Gasteiger partial charge in [-0.1, -0.05) is 58.0 Å². The predicted octanol–water partition coefficient (Wildman–Crippen LogP) is 5.34. The van der Waals surface area contributed by atoms with Gasteiger partial charge in [0.05, 0.1) is 0 Å². The lowest BCUT2D eigenvalue weighted by Crippen LogP contribution is -2.61. The smallest absolute Gasteiger partial charge is 0.432 e. The van der Waals surface area contributed by atoms with Crippen LogP contribution in [0.2, 0.25) is 0 Å². The summed E-state index contributed by atoms with van der Waals surface area (Å²) < 4.78 is 52.8. The summed E-state index contributed by atoms with van der Waals surface area (Å²) in [4.78, 5) is 13.0. The molecule has 1 aromatic carbocycles. The van der Waals surface area contributed by atoms with Crippen molar-refractivity contribution < 1.29 is 27.4 Å². The number of alkyl halides is 3. The fraction of sp³-hybridized carbons (Fsp3) is 0.682. The highest BCUT2D eigenvalue weighted by Gasteiger charge is 2.66. The van der Waals surface area contributed by atoms with Crippen molar-refractivity contribution in [2.75, 3.05) is 7.11 Å². The Kier molecular flexibility index (Phi) is 5.32. The Labute approximate surface area is 164 Å². The Bertz CT molecular complexity index is 713. The summed E-state index contributed by atoms with van der Waals surface area (Å²) in [7, 11) is 0.906. The molecule has 0 amide bonds. The number of hydrogen-bond donors (Lipinski definition) is 0. The van der Waals surface area contributed by atoms with Crippen molar-refractivity contribution in [3.05, 3.63) is 35.9 Å². The molecule has 0 N–H and O–H groups in total. The maximum absolute atomic E-state index is 14.1. The van der Waals surface area contributed by atoms with E-state index in [-0.39, 0.29) is 22.8 Å². The second kappa shape index (κ2) is 7.05. The van der Waals surface area contributed by atoms with Gasteiger partial charge >= 0.3 is 12.1 Å². The van der Waals surface area contributed by atoms with E-state index in [4.69, 9.17) is 9.47 Å². The number of carbonyl (C=O) groups excluding carboxylic acids is 1. The number of carbonyl (C=O) groups is 1. The van der Waals surface area contributed by atoms with Crippen molar-refractivity contribution in [2.45, 2.75) is 58.4 Å². The number of fused-ring (bicyclic) bond motifs is 2. The number of hydrogen-bond acceptors (Lipinski definition) is 3. The van der Waals surface area contributed by atoms with Crippen molar-refractivity contribution in [3.63, 3.8) is 0 Å². The first-order chi connectivity index (χ1) is 13.0. The van der Waals surface area contributed by atoms with Gasteiger partial charge in [0.25, 0.3) is 5.60 Å². The van der Waals surface area contributed by atoms with Crippen LogP contribution in [-0.2, 0) is 19.9 Å². The molecule has 1 aromatic rings. The van der Waals surface area contributed by atoms with Crippen molar-refractivity contribution in [3.8, 4) is 0 Å². The van der Waals surface area contributed by atoms with Gasteiger partial charge < -0.3 is 9.47 Å². The second-order valence-corrected chi connectivity index (χ2v) is 9.11. The zero-order valence-electron chi connectivity index (χ0n) is 17.0. The van der Waals surface area contributed by atoms with Crippen LogP contribution in [0.4, 0.5) is 13.2 Å². The number of halogens is 3. The van der Waals surface area contributed by atoms with Gasteiger partial charge in [-0.15, -0.1) is 0 Å². The lowest BCUT2D eigenvalue weighted by atomic mass is 9.43. The highest BCUT2D eigenvalue weighted by molar-refractivity contribution is 5.83. The van der Waals surface area contributed by atoms with E-state index in [1.54, 1.807) is 6.07 Å². The van der Waals surface area contributed by atoms with Gasteiger partial charge in [-0.25, -0.2) is 4.79 Å². The molecule has 3 saturated carbocycles. The highest BCUT2D eigenvalue weighted by Crippen LogP contribution is 2.63. The van der Waals surface area contributed by atoms with Crippen LogP contribution in [0.3, 0.4) is 0 Å². The summed E-state index contributed by atoms with van der Waals surface area (Å²) in [6.45, 7) is 8.51. The molecule has 0 radical (unpaired) electrons. The lowest BCUT2D eigenvalue weighted by Gasteiger charge is -2.63. The monoisotopic (exact) mass is 398 g/mol. The molecule has 2 bridgehead atoms. The van der Waals surface area contributed by atoms with Gasteiger partial charge in [0.15, 0.2) is 0 Å². The summed E-state index contributed by atoms with van der Waals surface area (Å²) in [5.41, 5.74) is -3.25. The molecule has 0 heterocycles. The molecule has 4 rings (SSSR count). The van der Waals surface area contributed by atoms with E-state index in [1.807, 2.05) is 13.8 Å². The maximum Gasteiger partial charge on any atom is 0.432 e. The lowest BCUT2D eigenvalue weighted by molar-refractivity contribution is -0.283. The fourth-order valence-electron chi connectivity index (χ4n) is 5.43. The Balaban J connectivity index is 1.93. The number of methoxy groups -OCH3 is 1. The zero-order chi connectivity index (χ0) is 20.9. The van der Waals surface area contributed by atoms with E-state index >= 15 is 0 Å². The van der Waals surface area contributed by atoms with E-state index in [0.29, 0.717) is 18.3 Å². The second-order valence-electron chi connectivity index (χ2n) is 9.11. The van der Waals surface area contributed by atoms with Crippen LogP contribution in [0.5, 0.6) is 0 Å². The molecular weight excluding hydrogens is 369 g/mol. The van der Waals surface area contributed by atoms with Crippen LogP contribution in [0.25, 0.3) is 0 Å². The molecule has 6 heteroatoms. The van der Waals surface area contributed by atoms with E-state index in [0.717, 1.165) is 13.5 Å². The Morgan fingerprint density at radius 3 is 2.21 bits per heavy atom. The van der Waals surface area contributed by atoms with Crippen LogP contribution in [0.1, 0.15) is 46.1 Å². The molecule has 0 aromatic heterocycles. The topological polar surface area (TPSA) is 35.5 Å². The van der Waals surface area contributed by atoms with Crippen molar-refractivity contribution in [2.24, 2.45) is 29.1 Å². The quantitative estimate of drug-likeness (QED) is 0.628. The standard InChI is InChI=1S/C22H29F3O3/c1-13(2)18-16-11-15(20(16,3)4)12-17(18)28-19(26)21(27-5,22(23,24)25)14-9-7-6-8-10-14/h6-10,13,15-18H,11-12H2,1-5H3/t15-,16+,17+,18+,21-/m0/s1. The van der Waals surface area contributed by atoms with Gasteiger partial charge in [0, 0.05) is 18.6 Å². The number of ether oxygens (including phenoxy) is 2. The van der Waals surface area contributed by atoms with E-state index in [2.05, 4.69) is 13.8 Å². The van der Waals surface area contributed by atoms with Gasteiger partial charge in [-0.2, -0.15) is 13.2 Å². The van der Waals surface area contributed by atoms with Crippen LogP contribution < -0.4 is 0 Å². The third kappa shape index (κ3) is 3.04. The first-order valence-corrected chi connectivity index (χ1v) is 9.85. The van der Waals surface area contributed by atoms with E-state index in [1.165, 1.54) is 24.3 Å². The minimum atomic E-state index is -4.94. The van der Waals surface area contributed by atoms with Crippen LogP contribution >= 0.6 is 0 Å². The van der Waals surface area contributed by atoms with Crippen LogP contribution in [-0.4, -0.2) is 25.4 Å². The highest BCUT2D eigenvalue weighted by atomic mass is 19.4. The van der Waals surface area contributed by atoms with Crippen molar-refractivity contribution >= 4 is 5.97 Å². The molecule has 3 aliphatic carbocycles.